The van der Waals surface area contributed by atoms with Gasteiger partial charge in [0.05, 0.1) is 16.5 Å². The number of piperidine rings is 3. The minimum absolute atomic E-state index is 0.0490. The number of hydrogen-bond acceptors (Lipinski definition) is 4. The Hall–Kier alpha value is -1.70. The first-order valence-electron chi connectivity index (χ1n) is 10.7. The van der Waals surface area contributed by atoms with Crippen LogP contribution in [0, 0.1) is 11.8 Å². The fraction of sp³-hybridized carbons (Fsp3) is 0.591. The fourth-order valence-corrected chi connectivity index (χ4v) is 7.83. The largest absolute Gasteiger partial charge is 0.478 e. The lowest BCUT2D eigenvalue weighted by Gasteiger charge is -2.54. The van der Waals surface area contributed by atoms with Gasteiger partial charge in [0.1, 0.15) is 0 Å². The van der Waals surface area contributed by atoms with Gasteiger partial charge in [-0.2, -0.15) is 4.31 Å². The van der Waals surface area contributed by atoms with E-state index in [0.29, 0.717) is 24.4 Å². The van der Waals surface area contributed by atoms with Gasteiger partial charge in [0.25, 0.3) is 0 Å². The van der Waals surface area contributed by atoms with Crippen LogP contribution >= 0.6 is 0 Å². The SMILES string of the molecule is O=C(O)c1ccc(S(=O)(=O)N2CCCC3=C[C@H]4C[C@H](CN5CCCC[C@H]45)[C@@H]32)cc1. The highest BCUT2D eigenvalue weighted by atomic mass is 32.2. The Morgan fingerprint density at radius 2 is 1.86 bits per heavy atom. The van der Waals surface area contributed by atoms with Crippen LogP contribution in [0.4, 0.5) is 0 Å². The monoisotopic (exact) mass is 416 g/mol. The van der Waals surface area contributed by atoms with Gasteiger partial charge in [0.2, 0.25) is 10.0 Å². The van der Waals surface area contributed by atoms with Crippen molar-refractivity contribution < 1.29 is 18.3 Å². The summed E-state index contributed by atoms with van der Waals surface area (Å²) in [6, 6.07) is 6.22. The van der Waals surface area contributed by atoms with Crippen LogP contribution in [-0.2, 0) is 10.0 Å². The van der Waals surface area contributed by atoms with Gasteiger partial charge in [-0.25, -0.2) is 13.2 Å². The van der Waals surface area contributed by atoms with E-state index in [1.54, 1.807) is 4.31 Å². The summed E-state index contributed by atoms with van der Waals surface area (Å²) in [6.07, 6.45) is 9.16. The van der Waals surface area contributed by atoms with Gasteiger partial charge < -0.3 is 5.11 Å². The molecule has 3 fully saturated rings. The van der Waals surface area contributed by atoms with Crippen LogP contribution < -0.4 is 0 Å². The van der Waals surface area contributed by atoms with Crippen LogP contribution in [0.15, 0.2) is 40.8 Å². The Morgan fingerprint density at radius 1 is 1.07 bits per heavy atom. The van der Waals surface area contributed by atoms with Crippen molar-refractivity contribution in [3.8, 4) is 0 Å². The minimum atomic E-state index is -3.66. The lowest BCUT2D eigenvalue weighted by atomic mass is 9.68. The molecule has 1 aliphatic carbocycles. The molecule has 0 spiro atoms. The highest BCUT2D eigenvalue weighted by molar-refractivity contribution is 7.89. The van der Waals surface area contributed by atoms with Gasteiger partial charge in [-0.15, -0.1) is 0 Å². The third-order valence-corrected chi connectivity index (χ3v) is 9.21. The Morgan fingerprint density at radius 3 is 2.62 bits per heavy atom. The summed E-state index contributed by atoms with van der Waals surface area (Å²) in [5.74, 6) is -0.130. The second-order valence-electron chi connectivity index (χ2n) is 8.95. The zero-order chi connectivity index (χ0) is 20.2. The van der Waals surface area contributed by atoms with E-state index < -0.39 is 16.0 Å². The average molecular weight is 417 g/mol. The molecular formula is C22H28N2O4S. The van der Waals surface area contributed by atoms with Gasteiger partial charge in [-0.3, -0.25) is 4.90 Å². The number of rotatable bonds is 3. The molecule has 0 amide bonds. The molecule has 29 heavy (non-hydrogen) atoms. The molecule has 4 atom stereocenters. The number of carboxylic acid groups (broad SMARTS) is 1. The van der Waals surface area contributed by atoms with Gasteiger partial charge in [-0.1, -0.05) is 18.1 Å². The quantitative estimate of drug-likeness (QED) is 0.767. The molecule has 0 aromatic heterocycles. The van der Waals surface area contributed by atoms with Crippen molar-refractivity contribution in [3.63, 3.8) is 0 Å². The molecule has 3 heterocycles. The van der Waals surface area contributed by atoms with Gasteiger partial charge in [-0.05, 0) is 74.8 Å². The highest BCUT2D eigenvalue weighted by Crippen LogP contribution is 2.46. The zero-order valence-corrected chi connectivity index (χ0v) is 17.4. The maximum Gasteiger partial charge on any atom is 0.335 e. The normalized spacial score (nSPS) is 32.8. The third-order valence-electron chi connectivity index (χ3n) is 7.32. The molecule has 6 nitrogen and oxygen atoms in total. The number of aromatic carboxylic acids is 1. The Kier molecular flexibility index (Phi) is 4.80. The Bertz CT molecular complexity index is 940. The summed E-state index contributed by atoms with van der Waals surface area (Å²) in [6.45, 7) is 2.67. The maximum atomic E-state index is 13.5. The van der Waals surface area contributed by atoms with E-state index in [1.807, 2.05) is 0 Å². The van der Waals surface area contributed by atoms with Crippen molar-refractivity contribution in [1.82, 2.24) is 9.21 Å². The molecular weight excluding hydrogens is 388 g/mol. The molecule has 0 saturated carbocycles. The number of benzene rings is 1. The average Bonchev–Trinajstić information content (AvgIpc) is 2.73. The summed E-state index contributed by atoms with van der Waals surface area (Å²) in [4.78, 5) is 13.9. The Balaban J connectivity index is 1.48. The molecule has 0 unspecified atom stereocenters. The van der Waals surface area contributed by atoms with Crippen LogP contribution in [0.1, 0.15) is 48.9 Å². The Labute approximate surface area is 172 Å². The zero-order valence-electron chi connectivity index (χ0n) is 16.5. The van der Waals surface area contributed by atoms with E-state index >= 15 is 0 Å². The summed E-state index contributed by atoms with van der Waals surface area (Å²) >= 11 is 0. The van der Waals surface area contributed by atoms with Crippen molar-refractivity contribution in [2.45, 2.75) is 55.5 Å². The van der Waals surface area contributed by atoms with E-state index in [4.69, 9.17) is 5.11 Å². The summed E-state index contributed by atoms with van der Waals surface area (Å²) in [5.41, 5.74) is 1.42. The van der Waals surface area contributed by atoms with Crippen molar-refractivity contribution in [3.05, 3.63) is 41.5 Å². The standard InChI is InChI=1S/C22H28N2O4S/c25-22(26)15-6-8-19(9-7-15)29(27,28)24-11-3-4-16-12-17-13-18(21(16)24)14-23-10-2-1-5-20(17)23/h6-9,12,17-18,20-21H,1-5,10-11,13-14H2,(H,25,26)/t17-,18+,20+,21+/m0/s1. The summed E-state index contributed by atoms with van der Waals surface area (Å²) in [7, 11) is -3.66. The minimum Gasteiger partial charge on any atom is -0.478 e. The number of hydrogen-bond donors (Lipinski definition) is 1. The predicted molar refractivity (Wildman–Crippen MR) is 109 cm³/mol. The molecule has 1 N–H and O–H groups in total. The summed E-state index contributed by atoms with van der Waals surface area (Å²) < 4.78 is 28.7. The van der Waals surface area contributed by atoms with Gasteiger partial charge in [0.15, 0.2) is 0 Å². The van der Waals surface area contributed by atoms with Crippen LogP contribution in [0.2, 0.25) is 0 Å². The summed E-state index contributed by atoms with van der Waals surface area (Å²) in [5, 5.41) is 9.10. The number of fused-ring (bicyclic) bond motifs is 6. The van der Waals surface area contributed by atoms with Crippen LogP contribution in [0.3, 0.4) is 0 Å². The number of carboxylic acids is 1. The smallest absolute Gasteiger partial charge is 0.335 e. The highest BCUT2D eigenvalue weighted by Gasteiger charge is 2.48. The van der Waals surface area contributed by atoms with E-state index in [1.165, 1.54) is 49.1 Å². The molecule has 1 aromatic carbocycles. The van der Waals surface area contributed by atoms with Crippen molar-refractivity contribution in [2.24, 2.45) is 11.8 Å². The molecule has 2 bridgehead atoms. The first kappa shape index (κ1) is 19.3. The van der Waals surface area contributed by atoms with E-state index in [9.17, 15) is 13.2 Å². The molecule has 0 radical (unpaired) electrons. The number of carbonyl (C=O) groups is 1. The molecule has 3 saturated heterocycles. The number of nitrogens with zero attached hydrogens (tertiary/aromatic N) is 2. The van der Waals surface area contributed by atoms with Crippen LogP contribution in [0.25, 0.3) is 0 Å². The maximum absolute atomic E-state index is 13.5. The fourth-order valence-electron chi connectivity index (χ4n) is 6.10. The third kappa shape index (κ3) is 3.23. The van der Waals surface area contributed by atoms with Crippen molar-refractivity contribution in [1.29, 1.82) is 0 Å². The number of sulfonamides is 1. The topological polar surface area (TPSA) is 77.9 Å². The lowest BCUT2D eigenvalue weighted by Crippen LogP contribution is -2.59. The van der Waals surface area contributed by atoms with E-state index in [0.717, 1.165) is 32.4 Å². The van der Waals surface area contributed by atoms with Gasteiger partial charge >= 0.3 is 5.97 Å². The van der Waals surface area contributed by atoms with Crippen molar-refractivity contribution in [2.75, 3.05) is 19.6 Å². The van der Waals surface area contributed by atoms with E-state index in [2.05, 4.69) is 11.0 Å². The molecule has 156 valence electrons. The predicted octanol–water partition coefficient (Wildman–Crippen LogP) is 2.97. The van der Waals surface area contributed by atoms with Gasteiger partial charge in [0, 0.05) is 19.1 Å². The second kappa shape index (κ2) is 7.22. The van der Waals surface area contributed by atoms with Crippen LogP contribution in [0.5, 0.6) is 0 Å². The molecule has 3 aliphatic heterocycles. The first-order valence-corrected chi connectivity index (χ1v) is 12.2. The second-order valence-corrected chi connectivity index (χ2v) is 10.8. The molecule has 4 aliphatic rings. The lowest BCUT2D eigenvalue weighted by molar-refractivity contribution is 0.0149. The first-order chi connectivity index (χ1) is 13.9. The molecule has 7 heteroatoms. The molecule has 5 rings (SSSR count). The van der Waals surface area contributed by atoms with Crippen LogP contribution in [-0.4, -0.2) is 60.4 Å². The molecule has 1 aromatic rings. The van der Waals surface area contributed by atoms with Crippen molar-refractivity contribution >= 4 is 16.0 Å². The van der Waals surface area contributed by atoms with E-state index in [-0.39, 0.29) is 16.5 Å².